The van der Waals surface area contributed by atoms with E-state index in [0.717, 1.165) is 12.8 Å². The molecule has 2 unspecified atom stereocenters. The Balaban J connectivity index is 2.08. The van der Waals surface area contributed by atoms with Crippen LogP contribution in [0.25, 0.3) is 0 Å². The minimum atomic E-state index is -1.14. The number of Topliss-reactive ketones (excluding diaryl/α,β-unsaturated/α-hetero) is 1. The number of rotatable bonds is 11. The Morgan fingerprint density at radius 3 is 2.19 bits per heavy atom. The molecule has 12 heteroatoms. The number of nitrogens with zero attached hydrogens (tertiary/aromatic N) is 2. The normalized spacial score (nSPS) is 21.0. The first-order valence-electron chi connectivity index (χ1n) is 12.9. The maximum atomic E-state index is 13.6. The summed E-state index contributed by atoms with van der Waals surface area (Å²) in [6.07, 6.45) is 2.93. The molecule has 6 amide bonds. The maximum absolute atomic E-state index is 13.6. The number of likely N-dealkylation sites (N-methyl/N-ethyl adjacent to an activating group) is 1. The van der Waals surface area contributed by atoms with Crippen molar-refractivity contribution in [1.82, 2.24) is 25.8 Å². The molecule has 1 aliphatic heterocycles. The molecule has 1 saturated carbocycles. The highest BCUT2D eigenvalue weighted by molar-refractivity contribution is 6.37. The van der Waals surface area contributed by atoms with Gasteiger partial charge in [-0.15, -0.1) is 0 Å². The Kier molecular flexibility index (Phi) is 10.0. The summed E-state index contributed by atoms with van der Waals surface area (Å²) >= 11 is 0. The number of likely N-dealkylation sites (tertiary alicyclic amines) is 1. The Morgan fingerprint density at radius 1 is 1.05 bits per heavy atom. The standard InChI is InChI=1S/C25H42N6O6/c1-7-16(19(33)21(26)34)28-22(35)18-14(2)10-11-31(18)23(36)20(25(3,4)5)29-24(37)27-12-17(32)30(6)13-15-8-9-15/h14-16,18,20H,7-13H2,1-6H3,(H2,26,34)(H,28,35)(H2,27,29,37)/t14-,16?,18-,20?/m0/s1. The lowest BCUT2D eigenvalue weighted by Crippen LogP contribution is -2.60. The highest BCUT2D eigenvalue weighted by atomic mass is 16.2. The van der Waals surface area contributed by atoms with Crippen molar-refractivity contribution in [3.05, 3.63) is 0 Å². The van der Waals surface area contributed by atoms with Crippen LogP contribution in [0.15, 0.2) is 0 Å². The lowest BCUT2D eigenvalue weighted by molar-refractivity contribution is -0.144. The predicted molar refractivity (Wildman–Crippen MR) is 136 cm³/mol. The van der Waals surface area contributed by atoms with Gasteiger partial charge >= 0.3 is 6.03 Å². The number of ketones is 1. The molecule has 0 aromatic rings. The van der Waals surface area contributed by atoms with Crippen molar-refractivity contribution >= 4 is 35.4 Å². The van der Waals surface area contributed by atoms with Gasteiger partial charge in [-0.25, -0.2) is 4.79 Å². The Hall–Kier alpha value is -3.18. The summed E-state index contributed by atoms with van der Waals surface area (Å²) in [7, 11) is 1.70. The predicted octanol–water partition coefficient (Wildman–Crippen LogP) is -0.245. The number of amides is 6. The summed E-state index contributed by atoms with van der Waals surface area (Å²) < 4.78 is 0. The Bertz CT molecular complexity index is 912. The van der Waals surface area contributed by atoms with Gasteiger partial charge < -0.3 is 31.5 Å². The van der Waals surface area contributed by atoms with Crippen LogP contribution in [0.4, 0.5) is 4.79 Å². The third-order valence-electron chi connectivity index (χ3n) is 6.98. The number of nitrogens with two attached hydrogens (primary N) is 1. The van der Waals surface area contributed by atoms with Gasteiger partial charge in [0.15, 0.2) is 0 Å². The largest absolute Gasteiger partial charge is 0.363 e. The molecule has 1 heterocycles. The maximum Gasteiger partial charge on any atom is 0.315 e. The molecule has 2 fully saturated rings. The Labute approximate surface area is 218 Å². The molecule has 0 aromatic heterocycles. The molecule has 1 saturated heterocycles. The van der Waals surface area contributed by atoms with Crippen LogP contribution < -0.4 is 21.7 Å². The molecule has 4 atom stereocenters. The van der Waals surface area contributed by atoms with Gasteiger partial charge in [0.2, 0.25) is 23.5 Å². The molecule has 0 aromatic carbocycles. The van der Waals surface area contributed by atoms with Crippen molar-refractivity contribution in [1.29, 1.82) is 0 Å². The average Bonchev–Trinajstić information content (AvgIpc) is 3.55. The second-order valence-corrected chi connectivity index (χ2v) is 11.3. The van der Waals surface area contributed by atoms with E-state index in [2.05, 4.69) is 16.0 Å². The fraction of sp³-hybridized carbons (Fsp3) is 0.760. The third-order valence-corrected chi connectivity index (χ3v) is 6.98. The van der Waals surface area contributed by atoms with E-state index < -0.39 is 53.1 Å². The molecule has 5 N–H and O–H groups in total. The fourth-order valence-electron chi connectivity index (χ4n) is 4.45. The van der Waals surface area contributed by atoms with Crippen LogP contribution >= 0.6 is 0 Å². The van der Waals surface area contributed by atoms with Crippen LogP contribution in [0.2, 0.25) is 0 Å². The van der Waals surface area contributed by atoms with E-state index in [4.69, 9.17) is 5.73 Å². The van der Waals surface area contributed by atoms with Crippen LogP contribution in [0, 0.1) is 17.3 Å². The van der Waals surface area contributed by atoms with Gasteiger partial charge in [0.05, 0.1) is 12.6 Å². The van der Waals surface area contributed by atoms with Crippen LogP contribution in [0.5, 0.6) is 0 Å². The summed E-state index contributed by atoms with van der Waals surface area (Å²) in [4.78, 5) is 78.1. The van der Waals surface area contributed by atoms with E-state index in [0.29, 0.717) is 25.4 Å². The van der Waals surface area contributed by atoms with E-state index in [1.807, 2.05) is 6.92 Å². The number of primary amides is 1. The molecule has 12 nitrogen and oxygen atoms in total. The van der Waals surface area contributed by atoms with Gasteiger partial charge in [-0.1, -0.05) is 34.6 Å². The molecule has 0 radical (unpaired) electrons. The molecule has 1 aliphatic carbocycles. The van der Waals surface area contributed by atoms with Crippen molar-refractivity contribution in [2.24, 2.45) is 23.0 Å². The number of hydrogen-bond acceptors (Lipinski definition) is 6. The summed E-state index contributed by atoms with van der Waals surface area (Å²) in [5.41, 5.74) is 4.38. The molecule has 0 bridgehead atoms. The van der Waals surface area contributed by atoms with Gasteiger partial charge in [-0.2, -0.15) is 0 Å². The zero-order valence-electron chi connectivity index (χ0n) is 22.8. The number of nitrogens with one attached hydrogen (secondary N) is 3. The van der Waals surface area contributed by atoms with Crippen LogP contribution in [0.1, 0.15) is 60.3 Å². The van der Waals surface area contributed by atoms with Crippen LogP contribution in [0.3, 0.4) is 0 Å². The quantitative estimate of drug-likeness (QED) is 0.273. The average molecular weight is 523 g/mol. The number of carbonyl (C=O) groups excluding carboxylic acids is 6. The summed E-state index contributed by atoms with van der Waals surface area (Å²) in [5, 5.41) is 7.77. The molecule has 208 valence electrons. The van der Waals surface area contributed by atoms with E-state index in [1.165, 1.54) is 4.90 Å². The van der Waals surface area contributed by atoms with Gasteiger partial charge in [0.25, 0.3) is 5.91 Å². The van der Waals surface area contributed by atoms with Gasteiger partial charge in [0.1, 0.15) is 12.1 Å². The number of carbonyl (C=O) groups is 6. The SMILES string of the molecule is CCC(NC(=O)[C@@H]1[C@@H](C)CCN1C(=O)C(NC(=O)NCC(=O)N(C)CC1CC1)C(C)(C)C)C(=O)C(N)=O. The highest BCUT2D eigenvalue weighted by Gasteiger charge is 2.45. The molecule has 37 heavy (non-hydrogen) atoms. The second-order valence-electron chi connectivity index (χ2n) is 11.3. The lowest BCUT2D eigenvalue weighted by Gasteiger charge is -2.36. The van der Waals surface area contributed by atoms with Crippen molar-refractivity contribution in [2.75, 3.05) is 26.7 Å². The van der Waals surface area contributed by atoms with E-state index in [1.54, 1.807) is 39.6 Å². The lowest BCUT2D eigenvalue weighted by atomic mass is 9.85. The first kappa shape index (κ1) is 30.0. The van der Waals surface area contributed by atoms with E-state index >= 15 is 0 Å². The van der Waals surface area contributed by atoms with Crippen LogP contribution in [-0.2, 0) is 24.0 Å². The number of urea groups is 1. The van der Waals surface area contributed by atoms with Crippen LogP contribution in [-0.4, -0.2) is 90.1 Å². The summed E-state index contributed by atoms with van der Waals surface area (Å²) in [5.74, 6) is -2.94. The van der Waals surface area contributed by atoms with E-state index in [-0.39, 0.29) is 24.8 Å². The van der Waals surface area contributed by atoms with Gasteiger partial charge in [0, 0.05) is 20.1 Å². The summed E-state index contributed by atoms with van der Waals surface area (Å²) in [6, 6.07) is -3.60. The van der Waals surface area contributed by atoms with Crippen molar-refractivity contribution in [3.8, 4) is 0 Å². The highest BCUT2D eigenvalue weighted by Crippen LogP contribution is 2.30. The summed E-state index contributed by atoms with van der Waals surface area (Å²) in [6.45, 7) is 9.58. The first-order valence-corrected chi connectivity index (χ1v) is 12.9. The van der Waals surface area contributed by atoms with E-state index in [9.17, 15) is 28.8 Å². The molecule has 2 rings (SSSR count). The molecular formula is C25H42N6O6. The smallest absolute Gasteiger partial charge is 0.315 e. The minimum Gasteiger partial charge on any atom is -0.363 e. The van der Waals surface area contributed by atoms with Crippen molar-refractivity contribution in [3.63, 3.8) is 0 Å². The monoisotopic (exact) mass is 522 g/mol. The topological polar surface area (TPSA) is 171 Å². The first-order chi connectivity index (χ1) is 17.2. The molecule has 2 aliphatic rings. The fourth-order valence-corrected chi connectivity index (χ4v) is 4.45. The molecular weight excluding hydrogens is 480 g/mol. The molecule has 0 spiro atoms. The van der Waals surface area contributed by atoms with Gasteiger partial charge in [-0.05, 0) is 42.9 Å². The third kappa shape index (κ3) is 8.16. The number of hydrogen-bond donors (Lipinski definition) is 4. The zero-order chi connectivity index (χ0) is 28.1. The zero-order valence-corrected chi connectivity index (χ0v) is 22.8. The van der Waals surface area contributed by atoms with Crippen molar-refractivity contribution < 1.29 is 28.8 Å². The second kappa shape index (κ2) is 12.4. The van der Waals surface area contributed by atoms with Gasteiger partial charge in [-0.3, -0.25) is 24.0 Å². The minimum absolute atomic E-state index is 0.170. The van der Waals surface area contributed by atoms with Crippen molar-refractivity contribution in [2.45, 2.75) is 78.4 Å². The Morgan fingerprint density at radius 2 is 1.68 bits per heavy atom.